The Bertz CT molecular complexity index is 357. The van der Waals surface area contributed by atoms with Gasteiger partial charge in [0.1, 0.15) is 0 Å². The SMILES string of the molecule is CC(C)(CC(O)Cc1cnc[nH]1)C(=O)C=O. The lowest BCUT2D eigenvalue weighted by Crippen LogP contribution is -2.30. The van der Waals surface area contributed by atoms with Crippen molar-refractivity contribution < 1.29 is 14.7 Å². The Morgan fingerprint density at radius 2 is 2.38 bits per heavy atom. The molecule has 0 aliphatic rings. The first-order chi connectivity index (χ1) is 7.45. The number of ketones is 1. The molecule has 0 aliphatic carbocycles. The predicted octanol–water partition coefficient (Wildman–Crippen LogP) is 0.497. The van der Waals surface area contributed by atoms with Crippen LogP contribution >= 0.6 is 0 Å². The van der Waals surface area contributed by atoms with Crippen LogP contribution in [0.5, 0.6) is 0 Å². The van der Waals surface area contributed by atoms with Gasteiger partial charge in [0, 0.05) is 23.7 Å². The number of aromatic amines is 1. The van der Waals surface area contributed by atoms with Crippen molar-refractivity contribution in [3.8, 4) is 0 Å². The summed E-state index contributed by atoms with van der Waals surface area (Å²) >= 11 is 0. The zero-order chi connectivity index (χ0) is 12.2. The van der Waals surface area contributed by atoms with Crippen LogP contribution in [0.15, 0.2) is 12.5 Å². The molecule has 0 spiro atoms. The number of Topliss-reactive ketones (excluding diaryl/α,β-unsaturated/α-hetero) is 1. The number of aliphatic hydroxyl groups is 1. The number of rotatable bonds is 6. The Kier molecular flexibility index (Phi) is 3.95. The molecule has 1 aromatic rings. The lowest BCUT2D eigenvalue weighted by Gasteiger charge is -2.23. The van der Waals surface area contributed by atoms with Gasteiger partial charge >= 0.3 is 0 Å². The van der Waals surface area contributed by atoms with Crippen LogP contribution in [0.25, 0.3) is 0 Å². The van der Waals surface area contributed by atoms with Gasteiger partial charge in [0.15, 0.2) is 6.29 Å². The molecular weight excluding hydrogens is 208 g/mol. The van der Waals surface area contributed by atoms with Gasteiger partial charge in [-0.25, -0.2) is 4.98 Å². The van der Waals surface area contributed by atoms with Crippen molar-refractivity contribution in [2.75, 3.05) is 0 Å². The van der Waals surface area contributed by atoms with Gasteiger partial charge in [-0.05, 0) is 6.42 Å². The fourth-order valence-electron chi connectivity index (χ4n) is 1.57. The fraction of sp³-hybridized carbons (Fsp3) is 0.545. The summed E-state index contributed by atoms with van der Waals surface area (Å²) in [7, 11) is 0. The highest BCUT2D eigenvalue weighted by molar-refractivity contribution is 6.27. The van der Waals surface area contributed by atoms with E-state index in [0.717, 1.165) is 5.69 Å². The summed E-state index contributed by atoms with van der Waals surface area (Å²) in [5.41, 5.74) is -0.0110. The minimum atomic E-state index is -0.818. The predicted molar refractivity (Wildman–Crippen MR) is 57.8 cm³/mol. The van der Waals surface area contributed by atoms with Crippen molar-refractivity contribution in [3.63, 3.8) is 0 Å². The Balaban J connectivity index is 2.53. The maximum atomic E-state index is 11.3. The van der Waals surface area contributed by atoms with Crippen molar-refractivity contribution >= 4 is 12.1 Å². The lowest BCUT2D eigenvalue weighted by molar-refractivity contribution is -0.136. The van der Waals surface area contributed by atoms with Crippen LogP contribution in [0, 0.1) is 5.41 Å². The third kappa shape index (κ3) is 3.27. The first kappa shape index (κ1) is 12.6. The maximum Gasteiger partial charge on any atom is 0.200 e. The maximum absolute atomic E-state index is 11.3. The molecule has 0 bridgehead atoms. The average molecular weight is 224 g/mol. The zero-order valence-corrected chi connectivity index (χ0v) is 9.43. The van der Waals surface area contributed by atoms with E-state index >= 15 is 0 Å². The topological polar surface area (TPSA) is 83.1 Å². The standard InChI is InChI=1S/C11H16N2O3/c1-11(2,10(16)6-14)4-9(15)3-8-5-12-7-13-8/h5-7,9,15H,3-4H2,1-2H3,(H,12,13). The van der Waals surface area contributed by atoms with Crippen LogP contribution in [0.2, 0.25) is 0 Å². The van der Waals surface area contributed by atoms with E-state index in [4.69, 9.17) is 0 Å². The molecule has 0 aromatic carbocycles. The first-order valence-corrected chi connectivity index (χ1v) is 5.10. The smallest absolute Gasteiger partial charge is 0.200 e. The summed E-state index contributed by atoms with van der Waals surface area (Å²) in [6, 6.07) is 0. The largest absolute Gasteiger partial charge is 0.393 e. The molecule has 0 amide bonds. The number of imidazole rings is 1. The van der Waals surface area contributed by atoms with Crippen LogP contribution in [0.3, 0.4) is 0 Å². The Hall–Kier alpha value is -1.49. The molecule has 0 radical (unpaired) electrons. The van der Waals surface area contributed by atoms with E-state index in [1.54, 1.807) is 20.0 Å². The summed E-state index contributed by atoms with van der Waals surface area (Å²) in [5.74, 6) is -0.490. The molecule has 1 unspecified atom stereocenters. The van der Waals surface area contributed by atoms with Gasteiger partial charge in [0.05, 0.1) is 12.4 Å². The van der Waals surface area contributed by atoms with E-state index in [2.05, 4.69) is 9.97 Å². The summed E-state index contributed by atoms with van der Waals surface area (Å²) in [4.78, 5) is 28.4. The molecule has 5 nitrogen and oxygen atoms in total. The number of H-pyrrole nitrogens is 1. The minimum absolute atomic E-state index is 0.254. The van der Waals surface area contributed by atoms with Gasteiger partial charge in [-0.2, -0.15) is 0 Å². The fourth-order valence-corrected chi connectivity index (χ4v) is 1.57. The van der Waals surface area contributed by atoms with E-state index in [1.807, 2.05) is 0 Å². The molecule has 88 valence electrons. The number of aliphatic hydroxyl groups excluding tert-OH is 1. The van der Waals surface area contributed by atoms with E-state index in [-0.39, 0.29) is 6.42 Å². The van der Waals surface area contributed by atoms with Gasteiger partial charge in [-0.3, -0.25) is 9.59 Å². The molecule has 0 fully saturated rings. The van der Waals surface area contributed by atoms with Crippen molar-refractivity contribution in [3.05, 3.63) is 18.2 Å². The number of carbonyl (C=O) groups is 2. The highest BCUT2D eigenvalue weighted by Crippen LogP contribution is 2.24. The second-order valence-electron chi connectivity index (χ2n) is 4.50. The summed E-state index contributed by atoms with van der Waals surface area (Å²) < 4.78 is 0. The van der Waals surface area contributed by atoms with Gasteiger partial charge in [-0.15, -0.1) is 0 Å². The van der Waals surface area contributed by atoms with Crippen LogP contribution in [0.1, 0.15) is 26.0 Å². The van der Waals surface area contributed by atoms with Gasteiger partial charge in [0.2, 0.25) is 5.78 Å². The third-order valence-electron chi connectivity index (χ3n) is 2.53. The van der Waals surface area contributed by atoms with E-state index in [9.17, 15) is 14.7 Å². The molecule has 2 N–H and O–H groups in total. The van der Waals surface area contributed by atoms with E-state index in [0.29, 0.717) is 12.7 Å². The van der Waals surface area contributed by atoms with E-state index in [1.165, 1.54) is 6.33 Å². The minimum Gasteiger partial charge on any atom is -0.393 e. The third-order valence-corrected chi connectivity index (χ3v) is 2.53. The monoisotopic (exact) mass is 224 g/mol. The Morgan fingerprint density at radius 3 is 2.88 bits per heavy atom. The van der Waals surface area contributed by atoms with Gasteiger partial charge < -0.3 is 10.1 Å². The van der Waals surface area contributed by atoms with Gasteiger partial charge in [-0.1, -0.05) is 13.8 Å². The molecule has 1 heterocycles. The molecule has 16 heavy (non-hydrogen) atoms. The number of hydrogen-bond acceptors (Lipinski definition) is 4. The normalized spacial score (nSPS) is 13.4. The van der Waals surface area contributed by atoms with Crippen molar-refractivity contribution in [1.82, 2.24) is 9.97 Å². The zero-order valence-electron chi connectivity index (χ0n) is 9.43. The number of aromatic nitrogens is 2. The molecule has 1 aromatic heterocycles. The van der Waals surface area contributed by atoms with Gasteiger partial charge in [0.25, 0.3) is 0 Å². The number of nitrogens with zero attached hydrogens (tertiary/aromatic N) is 1. The summed E-state index contributed by atoms with van der Waals surface area (Å²) in [6.45, 7) is 3.31. The van der Waals surface area contributed by atoms with Crippen LogP contribution in [-0.4, -0.2) is 33.2 Å². The van der Waals surface area contributed by atoms with Crippen LogP contribution in [-0.2, 0) is 16.0 Å². The summed E-state index contributed by atoms with van der Waals surface area (Å²) in [5, 5.41) is 9.79. The molecular formula is C11H16N2O3. The number of aldehydes is 1. The van der Waals surface area contributed by atoms with E-state index < -0.39 is 17.3 Å². The molecule has 0 saturated heterocycles. The Morgan fingerprint density at radius 1 is 1.69 bits per heavy atom. The number of carbonyl (C=O) groups excluding carboxylic acids is 2. The van der Waals surface area contributed by atoms with Crippen molar-refractivity contribution in [2.45, 2.75) is 32.8 Å². The molecule has 1 atom stereocenters. The average Bonchev–Trinajstić information content (AvgIpc) is 2.67. The summed E-state index contributed by atoms with van der Waals surface area (Å²) in [6.07, 6.45) is 3.45. The highest BCUT2D eigenvalue weighted by atomic mass is 16.3. The number of hydrogen-bond donors (Lipinski definition) is 2. The van der Waals surface area contributed by atoms with Crippen molar-refractivity contribution in [1.29, 1.82) is 0 Å². The molecule has 1 rings (SSSR count). The molecule has 0 aliphatic heterocycles. The molecule has 5 heteroatoms. The van der Waals surface area contributed by atoms with Crippen LogP contribution < -0.4 is 0 Å². The second kappa shape index (κ2) is 5.03. The lowest BCUT2D eigenvalue weighted by atomic mass is 9.82. The van der Waals surface area contributed by atoms with Crippen molar-refractivity contribution in [2.24, 2.45) is 5.41 Å². The molecule has 0 saturated carbocycles. The first-order valence-electron chi connectivity index (χ1n) is 5.10. The number of nitrogens with one attached hydrogen (secondary N) is 1. The quantitative estimate of drug-likeness (QED) is 0.544. The van der Waals surface area contributed by atoms with Crippen LogP contribution in [0.4, 0.5) is 0 Å². The highest BCUT2D eigenvalue weighted by Gasteiger charge is 2.29. The Labute approximate surface area is 93.9 Å². The second-order valence-corrected chi connectivity index (χ2v) is 4.50.